The molecule has 0 spiro atoms. The molecule has 0 fully saturated rings. The SMILES string of the molecule is CSCc1ncc(CO)s1. The maximum atomic E-state index is 8.68. The summed E-state index contributed by atoms with van der Waals surface area (Å²) in [6.07, 6.45) is 3.77. The molecule has 1 N–H and O–H groups in total. The van der Waals surface area contributed by atoms with Gasteiger partial charge in [0.15, 0.2) is 0 Å². The minimum absolute atomic E-state index is 0.117. The number of rotatable bonds is 3. The van der Waals surface area contributed by atoms with Gasteiger partial charge in [0, 0.05) is 11.9 Å². The van der Waals surface area contributed by atoms with E-state index in [1.165, 1.54) is 0 Å². The van der Waals surface area contributed by atoms with Crippen molar-refractivity contribution in [2.45, 2.75) is 12.4 Å². The first-order chi connectivity index (χ1) is 4.86. The number of nitrogens with zero attached hydrogens (tertiary/aromatic N) is 1. The minimum Gasteiger partial charge on any atom is -0.391 e. The number of hydrogen-bond acceptors (Lipinski definition) is 4. The molecule has 2 nitrogen and oxygen atoms in total. The zero-order valence-electron chi connectivity index (χ0n) is 5.70. The Morgan fingerprint density at radius 1 is 1.80 bits per heavy atom. The Hall–Kier alpha value is -0.0600. The highest BCUT2D eigenvalue weighted by Gasteiger charge is 1.98. The first-order valence-electron chi connectivity index (χ1n) is 2.90. The molecular formula is C6H9NOS2. The molecule has 0 atom stereocenters. The van der Waals surface area contributed by atoms with E-state index >= 15 is 0 Å². The fourth-order valence-corrected chi connectivity index (χ4v) is 2.10. The van der Waals surface area contributed by atoms with E-state index in [-0.39, 0.29) is 6.61 Å². The number of hydrogen-bond donors (Lipinski definition) is 1. The van der Waals surface area contributed by atoms with E-state index in [1.54, 1.807) is 29.3 Å². The van der Waals surface area contributed by atoms with Crippen molar-refractivity contribution in [3.8, 4) is 0 Å². The van der Waals surface area contributed by atoms with E-state index < -0.39 is 0 Å². The normalized spacial score (nSPS) is 10.2. The van der Waals surface area contributed by atoms with E-state index in [1.807, 2.05) is 6.26 Å². The number of aliphatic hydroxyl groups excluding tert-OH is 1. The largest absolute Gasteiger partial charge is 0.391 e. The van der Waals surface area contributed by atoms with Crippen LogP contribution in [0.1, 0.15) is 9.88 Å². The van der Waals surface area contributed by atoms with Gasteiger partial charge in [0.25, 0.3) is 0 Å². The monoisotopic (exact) mass is 175 g/mol. The summed E-state index contributed by atoms with van der Waals surface area (Å²) in [5.74, 6) is 0.949. The third kappa shape index (κ3) is 1.97. The standard InChI is InChI=1S/C6H9NOS2/c1-9-4-6-7-2-5(3-8)10-6/h2,8H,3-4H2,1H3. The van der Waals surface area contributed by atoms with Gasteiger partial charge in [-0.2, -0.15) is 11.8 Å². The molecule has 0 aliphatic rings. The van der Waals surface area contributed by atoms with Gasteiger partial charge in [0.2, 0.25) is 0 Å². The summed E-state index contributed by atoms with van der Waals surface area (Å²) in [4.78, 5) is 5.06. The highest BCUT2D eigenvalue weighted by atomic mass is 32.2. The molecule has 4 heteroatoms. The summed E-state index contributed by atoms with van der Waals surface area (Å²) in [6.45, 7) is 0.117. The van der Waals surface area contributed by atoms with Gasteiger partial charge in [-0.25, -0.2) is 4.98 Å². The van der Waals surface area contributed by atoms with E-state index in [2.05, 4.69) is 4.98 Å². The predicted molar refractivity (Wildman–Crippen MR) is 45.3 cm³/mol. The molecule has 0 saturated heterocycles. The summed E-state index contributed by atoms with van der Waals surface area (Å²) in [5, 5.41) is 9.78. The van der Waals surface area contributed by atoms with Crippen LogP contribution < -0.4 is 0 Å². The van der Waals surface area contributed by atoms with Crippen LogP contribution in [0, 0.1) is 0 Å². The van der Waals surface area contributed by atoms with Crippen molar-refractivity contribution in [2.75, 3.05) is 6.26 Å². The first kappa shape index (κ1) is 8.04. The number of thiazole rings is 1. The van der Waals surface area contributed by atoms with Gasteiger partial charge >= 0.3 is 0 Å². The third-order valence-electron chi connectivity index (χ3n) is 1.03. The van der Waals surface area contributed by atoms with Gasteiger partial charge < -0.3 is 5.11 Å². The lowest BCUT2D eigenvalue weighted by Gasteiger charge is -1.86. The van der Waals surface area contributed by atoms with Gasteiger partial charge in [-0.15, -0.1) is 11.3 Å². The van der Waals surface area contributed by atoms with Crippen LogP contribution in [0.4, 0.5) is 0 Å². The molecule has 1 aromatic rings. The van der Waals surface area contributed by atoms with Crippen LogP contribution in [0.5, 0.6) is 0 Å². The quantitative estimate of drug-likeness (QED) is 0.755. The average molecular weight is 175 g/mol. The maximum absolute atomic E-state index is 8.68. The van der Waals surface area contributed by atoms with Gasteiger partial charge in [0.05, 0.1) is 11.5 Å². The smallest absolute Gasteiger partial charge is 0.103 e. The van der Waals surface area contributed by atoms with Crippen molar-refractivity contribution in [3.05, 3.63) is 16.1 Å². The Balaban J connectivity index is 2.59. The molecule has 0 aliphatic carbocycles. The van der Waals surface area contributed by atoms with E-state index in [0.29, 0.717) is 0 Å². The number of aliphatic hydroxyl groups is 1. The Kier molecular flexibility index (Phi) is 3.18. The predicted octanol–water partition coefficient (Wildman–Crippen LogP) is 1.50. The first-order valence-corrected chi connectivity index (χ1v) is 5.11. The van der Waals surface area contributed by atoms with Crippen LogP contribution in [0.15, 0.2) is 6.20 Å². The van der Waals surface area contributed by atoms with Crippen molar-refractivity contribution < 1.29 is 5.11 Å². The molecule has 0 aliphatic heterocycles. The molecule has 0 unspecified atom stereocenters. The van der Waals surface area contributed by atoms with Crippen molar-refractivity contribution in [1.82, 2.24) is 4.98 Å². The second kappa shape index (κ2) is 3.95. The minimum atomic E-state index is 0.117. The number of thioether (sulfide) groups is 1. The van der Waals surface area contributed by atoms with Crippen molar-refractivity contribution in [2.24, 2.45) is 0 Å². The second-order valence-corrected chi connectivity index (χ2v) is 3.88. The molecule has 56 valence electrons. The Bertz CT molecular complexity index is 199. The lowest BCUT2D eigenvalue weighted by Crippen LogP contribution is -1.72. The lowest BCUT2D eigenvalue weighted by atomic mass is 10.6. The van der Waals surface area contributed by atoms with Gasteiger partial charge in [0.1, 0.15) is 5.01 Å². The zero-order chi connectivity index (χ0) is 7.40. The van der Waals surface area contributed by atoms with E-state index in [0.717, 1.165) is 15.6 Å². The molecule has 0 aromatic carbocycles. The van der Waals surface area contributed by atoms with Crippen molar-refractivity contribution in [3.63, 3.8) is 0 Å². The van der Waals surface area contributed by atoms with Crippen LogP contribution in [0.2, 0.25) is 0 Å². The Labute approximate surface area is 68.3 Å². The second-order valence-electron chi connectivity index (χ2n) is 1.81. The van der Waals surface area contributed by atoms with Crippen molar-refractivity contribution in [1.29, 1.82) is 0 Å². The maximum Gasteiger partial charge on any atom is 0.103 e. The van der Waals surface area contributed by atoms with Crippen LogP contribution in [0.25, 0.3) is 0 Å². The van der Waals surface area contributed by atoms with Crippen LogP contribution in [-0.4, -0.2) is 16.3 Å². The molecule has 0 saturated carbocycles. The fourth-order valence-electron chi connectivity index (χ4n) is 0.611. The molecule has 1 heterocycles. The van der Waals surface area contributed by atoms with E-state index in [4.69, 9.17) is 5.11 Å². The fraction of sp³-hybridized carbons (Fsp3) is 0.500. The van der Waals surface area contributed by atoms with Gasteiger partial charge in [-0.05, 0) is 6.26 Å². The molecule has 0 bridgehead atoms. The summed E-state index contributed by atoms with van der Waals surface area (Å²) in [6, 6.07) is 0. The molecule has 1 aromatic heterocycles. The van der Waals surface area contributed by atoms with Crippen LogP contribution in [-0.2, 0) is 12.4 Å². The molecule has 10 heavy (non-hydrogen) atoms. The lowest BCUT2D eigenvalue weighted by molar-refractivity contribution is 0.285. The molecule has 1 rings (SSSR count). The number of aromatic nitrogens is 1. The zero-order valence-corrected chi connectivity index (χ0v) is 7.34. The molecular weight excluding hydrogens is 166 g/mol. The Morgan fingerprint density at radius 2 is 2.60 bits per heavy atom. The highest BCUT2D eigenvalue weighted by Crippen LogP contribution is 2.16. The third-order valence-corrected chi connectivity index (χ3v) is 2.75. The average Bonchev–Trinajstić information content (AvgIpc) is 2.37. The van der Waals surface area contributed by atoms with Crippen molar-refractivity contribution >= 4 is 23.1 Å². The highest BCUT2D eigenvalue weighted by molar-refractivity contribution is 7.97. The van der Waals surface area contributed by atoms with Gasteiger partial charge in [-0.1, -0.05) is 0 Å². The summed E-state index contributed by atoms with van der Waals surface area (Å²) in [7, 11) is 0. The summed E-state index contributed by atoms with van der Waals surface area (Å²) < 4.78 is 0. The van der Waals surface area contributed by atoms with E-state index in [9.17, 15) is 0 Å². The Morgan fingerprint density at radius 3 is 3.10 bits per heavy atom. The topological polar surface area (TPSA) is 33.1 Å². The summed E-state index contributed by atoms with van der Waals surface area (Å²) >= 11 is 3.32. The van der Waals surface area contributed by atoms with Crippen LogP contribution in [0.3, 0.4) is 0 Å². The van der Waals surface area contributed by atoms with Crippen LogP contribution >= 0.6 is 23.1 Å². The molecule has 0 radical (unpaired) electrons. The van der Waals surface area contributed by atoms with Gasteiger partial charge in [-0.3, -0.25) is 0 Å². The summed E-state index contributed by atoms with van der Waals surface area (Å²) in [5.41, 5.74) is 0. The molecule has 0 amide bonds.